The van der Waals surface area contributed by atoms with Crippen molar-refractivity contribution in [1.82, 2.24) is 10.7 Å². The molecular formula is C20H21N3O2. The van der Waals surface area contributed by atoms with E-state index in [0.717, 1.165) is 11.1 Å². The molecule has 2 aromatic rings. The van der Waals surface area contributed by atoms with Gasteiger partial charge in [-0.25, -0.2) is 5.43 Å². The second-order valence-corrected chi connectivity index (χ2v) is 5.58. The van der Waals surface area contributed by atoms with Gasteiger partial charge in [-0.15, -0.1) is 0 Å². The van der Waals surface area contributed by atoms with Gasteiger partial charge in [-0.3, -0.25) is 9.59 Å². The zero-order valence-corrected chi connectivity index (χ0v) is 14.3. The molecular weight excluding hydrogens is 314 g/mol. The van der Waals surface area contributed by atoms with Gasteiger partial charge in [-0.05, 0) is 37.6 Å². The van der Waals surface area contributed by atoms with Crippen LogP contribution in [0.15, 0.2) is 65.8 Å². The van der Waals surface area contributed by atoms with Gasteiger partial charge in [-0.1, -0.05) is 54.1 Å². The van der Waals surface area contributed by atoms with Crippen LogP contribution >= 0.6 is 0 Å². The third kappa shape index (κ3) is 6.43. The maximum atomic E-state index is 11.9. The highest BCUT2D eigenvalue weighted by atomic mass is 16.2. The zero-order valence-electron chi connectivity index (χ0n) is 14.3. The number of aryl methyl sites for hydroxylation is 1. The lowest BCUT2D eigenvalue weighted by Crippen LogP contribution is -2.35. The Morgan fingerprint density at radius 3 is 2.40 bits per heavy atom. The Balaban J connectivity index is 1.78. The summed E-state index contributed by atoms with van der Waals surface area (Å²) in [4.78, 5) is 23.7. The minimum absolute atomic E-state index is 0.133. The van der Waals surface area contributed by atoms with Gasteiger partial charge in [0.2, 0.25) is 0 Å². The van der Waals surface area contributed by atoms with Gasteiger partial charge >= 0.3 is 0 Å². The Bertz CT molecular complexity index is 778. The summed E-state index contributed by atoms with van der Waals surface area (Å²) in [6.07, 6.45) is 3.71. The first-order valence-electron chi connectivity index (χ1n) is 7.96. The number of nitrogens with one attached hydrogen (secondary N) is 2. The van der Waals surface area contributed by atoms with E-state index in [1.165, 1.54) is 0 Å². The van der Waals surface area contributed by atoms with Gasteiger partial charge in [0.15, 0.2) is 0 Å². The van der Waals surface area contributed by atoms with Crippen LogP contribution in [-0.2, 0) is 4.79 Å². The quantitative estimate of drug-likeness (QED) is 0.629. The van der Waals surface area contributed by atoms with Crippen molar-refractivity contribution in [1.29, 1.82) is 0 Å². The molecule has 0 heterocycles. The van der Waals surface area contributed by atoms with E-state index in [4.69, 9.17) is 0 Å². The summed E-state index contributed by atoms with van der Waals surface area (Å²) in [6.45, 7) is 3.60. The molecule has 2 aromatic carbocycles. The molecule has 0 atom stereocenters. The van der Waals surface area contributed by atoms with Gasteiger partial charge in [0.05, 0.1) is 12.3 Å². The largest absolute Gasteiger partial charge is 0.343 e. The Morgan fingerprint density at radius 1 is 1.04 bits per heavy atom. The average Bonchev–Trinajstić information content (AvgIpc) is 2.64. The molecule has 25 heavy (non-hydrogen) atoms. The first kappa shape index (κ1) is 18.1. The molecule has 5 nitrogen and oxygen atoms in total. The third-order valence-corrected chi connectivity index (χ3v) is 3.40. The molecule has 0 saturated heterocycles. The van der Waals surface area contributed by atoms with Gasteiger partial charge in [-0.2, -0.15) is 5.10 Å². The Morgan fingerprint density at radius 2 is 1.72 bits per heavy atom. The molecule has 0 unspecified atom stereocenters. The molecule has 0 aromatic heterocycles. The highest BCUT2D eigenvalue weighted by molar-refractivity contribution is 5.98. The first-order chi connectivity index (χ1) is 12.0. The highest BCUT2D eigenvalue weighted by Gasteiger charge is 2.07. The molecule has 5 heteroatoms. The standard InChI is InChI=1S/C20H21N3O2/c1-15-8-12-18(13-9-15)20(25)21-14-19(24)23-22-16(2)10-11-17-6-4-3-5-7-17/h3-13H,14H2,1-2H3,(H,21,25)(H,23,24)/b11-10+,22-16+. The van der Waals surface area contributed by atoms with Crippen LogP contribution in [0.1, 0.15) is 28.4 Å². The predicted molar refractivity (Wildman–Crippen MR) is 100 cm³/mol. The number of allylic oxidation sites excluding steroid dienone is 1. The average molecular weight is 335 g/mol. The summed E-state index contributed by atoms with van der Waals surface area (Å²) >= 11 is 0. The smallest absolute Gasteiger partial charge is 0.259 e. The summed E-state index contributed by atoms with van der Waals surface area (Å²) in [5, 5.41) is 6.54. The highest BCUT2D eigenvalue weighted by Crippen LogP contribution is 2.02. The normalized spacial score (nSPS) is 11.4. The van der Waals surface area contributed by atoms with E-state index in [-0.39, 0.29) is 18.4 Å². The van der Waals surface area contributed by atoms with Crippen molar-refractivity contribution in [2.45, 2.75) is 13.8 Å². The maximum absolute atomic E-state index is 11.9. The molecule has 0 saturated carbocycles. The molecule has 0 fully saturated rings. The number of hydrogen-bond donors (Lipinski definition) is 2. The molecule has 128 valence electrons. The van der Waals surface area contributed by atoms with Crippen LogP contribution in [-0.4, -0.2) is 24.1 Å². The van der Waals surface area contributed by atoms with Crippen molar-refractivity contribution in [3.63, 3.8) is 0 Å². The molecule has 0 aliphatic carbocycles. The number of benzene rings is 2. The second-order valence-electron chi connectivity index (χ2n) is 5.58. The van der Waals surface area contributed by atoms with Gasteiger partial charge < -0.3 is 5.32 Å². The van der Waals surface area contributed by atoms with E-state index in [2.05, 4.69) is 15.8 Å². The second kappa shape index (κ2) is 9.17. The Hall–Kier alpha value is -3.21. The minimum Gasteiger partial charge on any atom is -0.343 e. The Kier molecular flexibility index (Phi) is 6.65. The maximum Gasteiger partial charge on any atom is 0.259 e. The SMILES string of the molecule is CC(/C=C/c1ccccc1)=N\NC(=O)CNC(=O)c1ccc(C)cc1. The molecule has 2 rings (SSSR count). The van der Waals surface area contributed by atoms with Crippen molar-refractivity contribution in [2.75, 3.05) is 6.54 Å². The number of nitrogens with zero attached hydrogens (tertiary/aromatic N) is 1. The fraction of sp³-hybridized carbons (Fsp3) is 0.150. The number of amides is 2. The van der Waals surface area contributed by atoms with Crippen molar-refractivity contribution in [3.05, 3.63) is 77.4 Å². The van der Waals surface area contributed by atoms with Crippen molar-refractivity contribution in [2.24, 2.45) is 5.10 Å². The lowest BCUT2D eigenvalue weighted by Gasteiger charge is -2.05. The van der Waals surface area contributed by atoms with Crippen molar-refractivity contribution in [3.8, 4) is 0 Å². The third-order valence-electron chi connectivity index (χ3n) is 3.40. The monoisotopic (exact) mass is 335 g/mol. The van der Waals surface area contributed by atoms with Crippen LogP contribution in [0.3, 0.4) is 0 Å². The van der Waals surface area contributed by atoms with Crippen LogP contribution in [0, 0.1) is 6.92 Å². The van der Waals surface area contributed by atoms with Gasteiger partial charge in [0.25, 0.3) is 11.8 Å². The van der Waals surface area contributed by atoms with Crippen molar-refractivity contribution < 1.29 is 9.59 Å². The zero-order chi connectivity index (χ0) is 18.1. The predicted octanol–water partition coefficient (Wildman–Crippen LogP) is 2.93. The van der Waals surface area contributed by atoms with Crippen LogP contribution < -0.4 is 10.7 Å². The summed E-state index contributed by atoms with van der Waals surface area (Å²) in [6, 6.07) is 16.9. The minimum atomic E-state index is -0.382. The fourth-order valence-corrected chi connectivity index (χ4v) is 1.98. The molecule has 0 radical (unpaired) electrons. The summed E-state index contributed by atoms with van der Waals surface area (Å²) < 4.78 is 0. The van der Waals surface area contributed by atoms with E-state index < -0.39 is 0 Å². The fourth-order valence-electron chi connectivity index (χ4n) is 1.98. The number of hydrazone groups is 1. The first-order valence-corrected chi connectivity index (χ1v) is 7.96. The van der Waals surface area contributed by atoms with Gasteiger partial charge in [0, 0.05) is 5.56 Å². The van der Waals surface area contributed by atoms with E-state index in [1.54, 1.807) is 25.1 Å². The number of carbonyl (C=O) groups excluding carboxylic acids is 2. The molecule has 0 spiro atoms. The number of carbonyl (C=O) groups is 2. The van der Waals surface area contributed by atoms with E-state index >= 15 is 0 Å². The summed E-state index contributed by atoms with van der Waals surface area (Å²) in [5.41, 5.74) is 5.71. The molecule has 0 aliphatic heterocycles. The van der Waals surface area contributed by atoms with Crippen LogP contribution in [0.2, 0.25) is 0 Å². The summed E-state index contributed by atoms with van der Waals surface area (Å²) in [7, 11) is 0. The number of rotatable bonds is 6. The molecule has 0 bridgehead atoms. The summed E-state index contributed by atoms with van der Waals surface area (Å²) in [5.74, 6) is -0.673. The molecule has 2 N–H and O–H groups in total. The molecule has 2 amide bonds. The lowest BCUT2D eigenvalue weighted by atomic mass is 10.1. The van der Waals surface area contributed by atoms with Crippen molar-refractivity contribution >= 4 is 23.6 Å². The number of hydrogen-bond acceptors (Lipinski definition) is 3. The molecule has 0 aliphatic rings. The van der Waals surface area contributed by atoms with Crippen LogP contribution in [0.5, 0.6) is 0 Å². The van der Waals surface area contributed by atoms with Gasteiger partial charge in [0.1, 0.15) is 0 Å². The van der Waals surface area contributed by atoms with E-state index in [0.29, 0.717) is 11.3 Å². The lowest BCUT2D eigenvalue weighted by molar-refractivity contribution is -0.120. The topological polar surface area (TPSA) is 70.6 Å². The van der Waals surface area contributed by atoms with E-state index in [9.17, 15) is 9.59 Å². The van der Waals surface area contributed by atoms with E-state index in [1.807, 2.05) is 55.5 Å². The van der Waals surface area contributed by atoms with Crippen LogP contribution in [0.4, 0.5) is 0 Å². The Labute approximate surface area is 147 Å². The van der Waals surface area contributed by atoms with Crippen LogP contribution in [0.25, 0.3) is 6.08 Å².